The van der Waals surface area contributed by atoms with Gasteiger partial charge in [-0.25, -0.2) is 13.8 Å². The smallest absolute Gasteiger partial charge is 0.250 e. The highest BCUT2D eigenvalue weighted by Gasteiger charge is 2.32. The van der Waals surface area contributed by atoms with Gasteiger partial charge in [-0.05, 0) is 18.9 Å². The zero-order valence-corrected chi connectivity index (χ0v) is 12.1. The van der Waals surface area contributed by atoms with Crippen LogP contribution < -0.4 is 0 Å². The Labute approximate surface area is 126 Å². The highest BCUT2D eigenvalue weighted by molar-refractivity contribution is 5.86. The number of pyridine rings is 1. The van der Waals surface area contributed by atoms with Crippen molar-refractivity contribution in [2.75, 3.05) is 0 Å². The first-order chi connectivity index (χ1) is 10.6. The van der Waals surface area contributed by atoms with Gasteiger partial charge >= 0.3 is 0 Å². The number of benzene rings is 1. The molecule has 0 amide bonds. The highest BCUT2D eigenvalue weighted by atomic mass is 19.3. The zero-order chi connectivity index (χ0) is 15.3. The van der Waals surface area contributed by atoms with Crippen LogP contribution >= 0.6 is 0 Å². The fourth-order valence-electron chi connectivity index (χ4n) is 2.88. The maximum absolute atomic E-state index is 13.6. The predicted octanol–water partition coefficient (Wildman–Crippen LogP) is 4.45. The third-order valence-corrected chi connectivity index (χ3v) is 4.12. The van der Waals surface area contributed by atoms with Gasteiger partial charge in [0.15, 0.2) is 5.65 Å². The second kappa shape index (κ2) is 4.87. The van der Waals surface area contributed by atoms with E-state index in [1.807, 2.05) is 30.3 Å². The quantitative estimate of drug-likeness (QED) is 0.715. The molecule has 0 radical (unpaired) electrons. The normalized spacial score (nSPS) is 14.9. The van der Waals surface area contributed by atoms with E-state index in [1.165, 1.54) is 6.07 Å². The molecule has 0 unspecified atom stereocenters. The third-order valence-electron chi connectivity index (χ3n) is 4.12. The summed E-state index contributed by atoms with van der Waals surface area (Å²) in [5.41, 5.74) is 2.76. The van der Waals surface area contributed by atoms with Crippen molar-refractivity contribution in [2.24, 2.45) is 7.05 Å². The molecule has 5 heteroatoms. The van der Waals surface area contributed by atoms with Crippen molar-refractivity contribution in [1.29, 1.82) is 0 Å². The number of aromatic nitrogens is 3. The molecule has 112 valence electrons. The molecule has 0 N–H and O–H groups in total. The van der Waals surface area contributed by atoms with Gasteiger partial charge in [0.1, 0.15) is 0 Å². The molecule has 1 aliphatic rings. The van der Waals surface area contributed by atoms with Crippen LogP contribution in [0.3, 0.4) is 0 Å². The van der Waals surface area contributed by atoms with Gasteiger partial charge < -0.3 is 0 Å². The number of hydrogen-bond acceptors (Lipinski definition) is 2. The molecule has 0 bridgehead atoms. The molecular weight excluding hydrogens is 284 g/mol. The van der Waals surface area contributed by atoms with Crippen molar-refractivity contribution >= 4 is 11.0 Å². The summed E-state index contributed by atoms with van der Waals surface area (Å²) in [4.78, 5) is 4.59. The summed E-state index contributed by atoms with van der Waals surface area (Å²) in [6.45, 7) is 0. The molecule has 4 rings (SSSR count). The van der Waals surface area contributed by atoms with Gasteiger partial charge in [0.2, 0.25) is 0 Å². The Hall–Kier alpha value is -2.30. The fraction of sp³-hybridized carbons (Fsp3) is 0.294. The molecule has 2 aromatic heterocycles. The Kier molecular flexibility index (Phi) is 2.96. The van der Waals surface area contributed by atoms with Crippen LogP contribution in [0.15, 0.2) is 36.4 Å². The van der Waals surface area contributed by atoms with E-state index in [0.29, 0.717) is 22.6 Å². The minimum atomic E-state index is -2.53. The zero-order valence-electron chi connectivity index (χ0n) is 12.1. The molecule has 0 aliphatic heterocycles. The predicted molar refractivity (Wildman–Crippen MR) is 80.9 cm³/mol. The van der Waals surface area contributed by atoms with Gasteiger partial charge in [-0.2, -0.15) is 5.10 Å². The molecule has 0 spiro atoms. The largest absolute Gasteiger partial charge is 0.264 e. The first-order valence-corrected chi connectivity index (χ1v) is 7.36. The summed E-state index contributed by atoms with van der Waals surface area (Å²) in [5.74, 6) is 0.311. The van der Waals surface area contributed by atoms with Crippen LogP contribution in [0.5, 0.6) is 0 Å². The third kappa shape index (κ3) is 2.08. The molecule has 0 atom stereocenters. The summed E-state index contributed by atoms with van der Waals surface area (Å²) in [7, 11) is 1.77. The average Bonchev–Trinajstić information content (AvgIpc) is 3.32. The minimum absolute atomic E-state index is 0.0406. The number of halogens is 2. The molecule has 22 heavy (non-hydrogen) atoms. The summed E-state index contributed by atoms with van der Waals surface area (Å²) in [5, 5.41) is 4.99. The Morgan fingerprint density at radius 1 is 1.18 bits per heavy atom. The fourth-order valence-corrected chi connectivity index (χ4v) is 2.88. The van der Waals surface area contributed by atoms with Crippen molar-refractivity contribution in [3.63, 3.8) is 0 Å². The average molecular weight is 299 g/mol. The standard InChI is InChI=1S/C17H15F2N3/c1-22-17-14(15(21-22)11-7-8-11)12(16(18)19)9-13(20-17)10-5-3-2-4-6-10/h2-6,9,11,16H,7-8H2,1H3. The topological polar surface area (TPSA) is 30.7 Å². The maximum atomic E-state index is 13.6. The number of rotatable bonds is 3. The maximum Gasteiger partial charge on any atom is 0.264 e. The molecule has 1 aromatic carbocycles. The van der Waals surface area contributed by atoms with Gasteiger partial charge in [0.05, 0.1) is 16.8 Å². The summed E-state index contributed by atoms with van der Waals surface area (Å²) in [6.07, 6.45) is -0.487. The van der Waals surface area contributed by atoms with Gasteiger partial charge in [0, 0.05) is 24.1 Å². The molecule has 1 aliphatic carbocycles. The van der Waals surface area contributed by atoms with Crippen LogP contribution in [0.2, 0.25) is 0 Å². The lowest BCUT2D eigenvalue weighted by Crippen LogP contribution is -1.96. The monoisotopic (exact) mass is 299 g/mol. The van der Waals surface area contributed by atoms with Crippen LogP contribution in [0.1, 0.15) is 36.4 Å². The minimum Gasteiger partial charge on any atom is -0.250 e. The van der Waals surface area contributed by atoms with Gasteiger partial charge in [0.25, 0.3) is 6.43 Å². The summed E-state index contributed by atoms with van der Waals surface area (Å²) >= 11 is 0. The van der Waals surface area contributed by atoms with Crippen molar-refractivity contribution in [2.45, 2.75) is 25.2 Å². The second-order valence-corrected chi connectivity index (χ2v) is 5.75. The Morgan fingerprint density at radius 3 is 2.55 bits per heavy atom. The molecule has 1 saturated carbocycles. The van der Waals surface area contributed by atoms with E-state index >= 15 is 0 Å². The van der Waals surface area contributed by atoms with Crippen LogP contribution in [-0.4, -0.2) is 14.8 Å². The van der Waals surface area contributed by atoms with E-state index in [0.717, 1.165) is 24.1 Å². The van der Waals surface area contributed by atoms with Crippen LogP contribution in [0.25, 0.3) is 22.3 Å². The first-order valence-electron chi connectivity index (χ1n) is 7.36. The van der Waals surface area contributed by atoms with E-state index in [2.05, 4.69) is 10.1 Å². The number of aryl methyl sites for hydroxylation is 1. The lowest BCUT2D eigenvalue weighted by atomic mass is 10.0. The Morgan fingerprint density at radius 2 is 1.91 bits per heavy atom. The molecule has 0 saturated heterocycles. The SMILES string of the molecule is Cn1nc(C2CC2)c2c(C(F)F)cc(-c3ccccc3)nc21. The van der Waals surface area contributed by atoms with Crippen molar-refractivity contribution in [3.05, 3.63) is 47.7 Å². The Bertz CT molecular complexity index is 836. The second-order valence-electron chi connectivity index (χ2n) is 5.75. The van der Waals surface area contributed by atoms with Crippen molar-refractivity contribution < 1.29 is 8.78 Å². The lowest BCUT2D eigenvalue weighted by Gasteiger charge is -2.08. The van der Waals surface area contributed by atoms with Crippen LogP contribution in [0.4, 0.5) is 8.78 Å². The van der Waals surface area contributed by atoms with E-state index < -0.39 is 6.43 Å². The number of hydrogen-bond donors (Lipinski definition) is 0. The molecule has 3 aromatic rings. The first kappa shape index (κ1) is 13.4. The van der Waals surface area contributed by atoms with Gasteiger partial charge in [-0.1, -0.05) is 30.3 Å². The molecule has 2 heterocycles. The van der Waals surface area contributed by atoms with Crippen LogP contribution in [0, 0.1) is 0 Å². The number of nitrogens with zero attached hydrogens (tertiary/aromatic N) is 3. The van der Waals surface area contributed by atoms with Gasteiger partial charge in [-0.3, -0.25) is 4.68 Å². The van der Waals surface area contributed by atoms with E-state index in [9.17, 15) is 8.78 Å². The van der Waals surface area contributed by atoms with E-state index in [1.54, 1.807) is 11.7 Å². The Balaban J connectivity index is 2.01. The number of fused-ring (bicyclic) bond motifs is 1. The van der Waals surface area contributed by atoms with Crippen molar-refractivity contribution in [1.82, 2.24) is 14.8 Å². The summed E-state index contributed by atoms with van der Waals surface area (Å²) < 4.78 is 28.8. The number of alkyl halides is 2. The molecule has 1 fully saturated rings. The van der Waals surface area contributed by atoms with Gasteiger partial charge in [-0.15, -0.1) is 0 Å². The van der Waals surface area contributed by atoms with Crippen LogP contribution in [-0.2, 0) is 7.05 Å². The highest BCUT2D eigenvalue weighted by Crippen LogP contribution is 2.44. The molecule has 3 nitrogen and oxygen atoms in total. The van der Waals surface area contributed by atoms with Crippen molar-refractivity contribution in [3.8, 4) is 11.3 Å². The van der Waals surface area contributed by atoms with E-state index in [-0.39, 0.29) is 5.56 Å². The summed E-state index contributed by atoms with van der Waals surface area (Å²) in [6, 6.07) is 10.9. The lowest BCUT2D eigenvalue weighted by molar-refractivity contribution is 0.153. The molecular formula is C17H15F2N3. The van der Waals surface area contributed by atoms with E-state index in [4.69, 9.17) is 0 Å².